The van der Waals surface area contributed by atoms with E-state index in [1.165, 1.54) is 30.4 Å². The normalized spacial score (nSPS) is 29.6. The van der Waals surface area contributed by atoms with Crippen LogP contribution in [0, 0.1) is 31.6 Å². The smallest absolute Gasteiger partial charge is 0.227 e. The molecule has 1 aromatic rings. The van der Waals surface area contributed by atoms with Crippen molar-refractivity contribution in [3.63, 3.8) is 0 Å². The Hall–Kier alpha value is -1.31. The van der Waals surface area contributed by atoms with Gasteiger partial charge in [-0.2, -0.15) is 0 Å². The lowest BCUT2D eigenvalue weighted by Crippen LogP contribution is -2.27. The molecule has 2 heteroatoms. The van der Waals surface area contributed by atoms with Gasteiger partial charge in [0, 0.05) is 11.6 Å². The Morgan fingerprint density at radius 1 is 1.17 bits per heavy atom. The van der Waals surface area contributed by atoms with Crippen molar-refractivity contribution in [1.82, 2.24) is 0 Å². The van der Waals surface area contributed by atoms with Crippen molar-refractivity contribution in [2.75, 3.05) is 5.32 Å². The van der Waals surface area contributed by atoms with Gasteiger partial charge in [0.1, 0.15) is 0 Å². The van der Waals surface area contributed by atoms with Gasteiger partial charge in [0.25, 0.3) is 0 Å². The highest BCUT2D eigenvalue weighted by atomic mass is 16.1. The standard InChI is InChI=1S/C16H21NO/c1-10-3-6-14(7-11(10)2)17-16(18)15-9-12-4-5-13(15)8-12/h3,6-7,12-13,15H,4-5,8-9H2,1-2H3,(H,17,18). The van der Waals surface area contributed by atoms with E-state index in [1.807, 2.05) is 6.07 Å². The largest absolute Gasteiger partial charge is 0.326 e. The second kappa shape index (κ2) is 4.42. The minimum Gasteiger partial charge on any atom is -0.326 e. The highest BCUT2D eigenvalue weighted by Gasteiger charge is 2.42. The van der Waals surface area contributed by atoms with Crippen LogP contribution in [0.1, 0.15) is 36.8 Å². The van der Waals surface area contributed by atoms with Gasteiger partial charge in [-0.15, -0.1) is 0 Å². The molecule has 1 aromatic carbocycles. The minimum absolute atomic E-state index is 0.241. The fourth-order valence-corrected chi connectivity index (χ4v) is 3.62. The summed E-state index contributed by atoms with van der Waals surface area (Å²) in [4.78, 5) is 12.3. The van der Waals surface area contributed by atoms with Gasteiger partial charge in [0.05, 0.1) is 0 Å². The molecule has 3 atom stereocenters. The van der Waals surface area contributed by atoms with Gasteiger partial charge in [0.15, 0.2) is 0 Å². The Morgan fingerprint density at radius 2 is 2.00 bits per heavy atom. The van der Waals surface area contributed by atoms with Gasteiger partial charge in [-0.3, -0.25) is 4.79 Å². The molecule has 2 fully saturated rings. The number of hydrogen-bond donors (Lipinski definition) is 1. The second-order valence-corrected chi connectivity index (χ2v) is 6.07. The van der Waals surface area contributed by atoms with Crippen molar-refractivity contribution in [3.05, 3.63) is 29.3 Å². The maximum atomic E-state index is 12.3. The molecule has 0 radical (unpaired) electrons. The number of rotatable bonds is 2. The van der Waals surface area contributed by atoms with E-state index in [9.17, 15) is 4.79 Å². The van der Waals surface area contributed by atoms with Crippen LogP contribution in [-0.4, -0.2) is 5.91 Å². The van der Waals surface area contributed by atoms with Crippen LogP contribution in [-0.2, 0) is 4.79 Å². The molecule has 0 aromatic heterocycles. The monoisotopic (exact) mass is 243 g/mol. The Morgan fingerprint density at radius 3 is 2.61 bits per heavy atom. The van der Waals surface area contributed by atoms with Crippen LogP contribution in [0.4, 0.5) is 5.69 Å². The van der Waals surface area contributed by atoms with Crippen molar-refractivity contribution < 1.29 is 4.79 Å². The van der Waals surface area contributed by atoms with Crippen molar-refractivity contribution in [1.29, 1.82) is 0 Å². The van der Waals surface area contributed by atoms with Crippen LogP contribution < -0.4 is 5.32 Å². The average molecular weight is 243 g/mol. The van der Waals surface area contributed by atoms with Gasteiger partial charge < -0.3 is 5.32 Å². The van der Waals surface area contributed by atoms with E-state index in [2.05, 4.69) is 31.3 Å². The summed E-state index contributed by atoms with van der Waals surface area (Å²) in [6.07, 6.45) is 5.00. The van der Waals surface area contributed by atoms with E-state index in [4.69, 9.17) is 0 Å². The van der Waals surface area contributed by atoms with Crippen LogP contribution in [0.25, 0.3) is 0 Å². The third kappa shape index (κ3) is 2.05. The van der Waals surface area contributed by atoms with Gasteiger partial charge >= 0.3 is 0 Å². The van der Waals surface area contributed by atoms with Gasteiger partial charge in [-0.25, -0.2) is 0 Å². The highest BCUT2D eigenvalue weighted by Crippen LogP contribution is 2.48. The molecular weight excluding hydrogens is 222 g/mol. The van der Waals surface area contributed by atoms with E-state index in [-0.39, 0.29) is 11.8 Å². The number of anilines is 1. The minimum atomic E-state index is 0.241. The van der Waals surface area contributed by atoms with E-state index in [0.29, 0.717) is 5.92 Å². The lowest BCUT2D eigenvalue weighted by molar-refractivity contribution is -0.121. The van der Waals surface area contributed by atoms with Crippen molar-refractivity contribution in [2.45, 2.75) is 39.5 Å². The summed E-state index contributed by atoms with van der Waals surface area (Å²) in [7, 11) is 0. The SMILES string of the molecule is Cc1ccc(NC(=O)C2CC3CCC2C3)cc1C. The first-order chi connectivity index (χ1) is 8.63. The fraction of sp³-hybridized carbons (Fsp3) is 0.562. The first kappa shape index (κ1) is 11.8. The molecule has 3 rings (SSSR count). The molecule has 2 aliphatic rings. The highest BCUT2D eigenvalue weighted by molar-refractivity contribution is 5.93. The summed E-state index contributed by atoms with van der Waals surface area (Å²) < 4.78 is 0. The van der Waals surface area contributed by atoms with Gasteiger partial charge in [-0.05, 0) is 68.2 Å². The lowest BCUT2D eigenvalue weighted by atomic mass is 9.88. The van der Waals surface area contributed by atoms with Crippen LogP contribution in [0.2, 0.25) is 0 Å². The molecule has 18 heavy (non-hydrogen) atoms. The van der Waals surface area contributed by atoms with Gasteiger partial charge in [0.2, 0.25) is 5.91 Å². The van der Waals surface area contributed by atoms with Crippen molar-refractivity contribution >= 4 is 11.6 Å². The summed E-state index contributed by atoms with van der Waals surface area (Å²) in [5, 5.41) is 3.10. The summed E-state index contributed by atoms with van der Waals surface area (Å²) in [5.41, 5.74) is 3.46. The third-order valence-electron chi connectivity index (χ3n) is 4.85. The topological polar surface area (TPSA) is 29.1 Å². The number of amides is 1. The zero-order valence-electron chi connectivity index (χ0n) is 11.2. The molecule has 2 aliphatic carbocycles. The van der Waals surface area contributed by atoms with E-state index in [0.717, 1.165) is 18.0 Å². The van der Waals surface area contributed by atoms with Crippen LogP contribution in [0.3, 0.4) is 0 Å². The second-order valence-electron chi connectivity index (χ2n) is 6.07. The zero-order chi connectivity index (χ0) is 12.7. The Bertz CT molecular complexity index is 480. The predicted octanol–water partition coefficient (Wildman–Crippen LogP) is 3.68. The number of carbonyl (C=O) groups is 1. The van der Waals surface area contributed by atoms with Crippen LogP contribution in [0.15, 0.2) is 18.2 Å². The number of hydrogen-bond acceptors (Lipinski definition) is 1. The Balaban J connectivity index is 1.69. The summed E-state index contributed by atoms with van der Waals surface area (Å²) >= 11 is 0. The van der Waals surface area contributed by atoms with Crippen LogP contribution >= 0.6 is 0 Å². The molecule has 1 N–H and O–H groups in total. The van der Waals surface area contributed by atoms with Crippen LogP contribution in [0.5, 0.6) is 0 Å². The summed E-state index contributed by atoms with van der Waals surface area (Å²) in [6.45, 7) is 4.18. The molecule has 0 aliphatic heterocycles. The summed E-state index contributed by atoms with van der Waals surface area (Å²) in [5.74, 6) is 1.99. The summed E-state index contributed by atoms with van der Waals surface area (Å²) in [6, 6.07) is 6.15. The Kier molecular flexibility index (Phi) is 2.89. The molecule has 1 amide bonds. The Labute approximate surface area is 109 Å². The number of fused-ring (bicyclic) bond motifs is 2. The number of nitrogens with one attached hydrogen (secondary N) is 1. The lowest BCUT2D eigenvalue weighted by Gasteiger charge is -2.21. The number of carbonyl (C=O) groups excluding carboxylic acids is 1. The molecule has 2 nitrogen and oxygen atoms in total. The molecule has 96 valence electrons. The maximum Gasteiger partial charge on any atom is 0.227 e. The van der Waals surface area contributed by atoms with Crippen molar-refractivity contribution in [3.8, 4) is 0 Å². The molecule has 0 heterocycles. The molecule has 2 saturated carbocycles. The quantitative estimate of drug-likeness (QED) is 0.843. The molecular formula is C16H21NO. The molecule has 3 unspecified atom stereocenters. The van der Waals surface area contributed by atoms with Gasteiger partial charge in [-0.1, -0.05) is 12.5 Å². The van der Waals surface area contributed by atoms with E-state index in [1.54, 1.807) is 0 Å². The zero-order valence-corrected chi connectivity index (χ0v) is 11.2. The van der Waals surface area contributed by atoms with Crippen molar-refractivity contribution in [2.24, 2.45) is 17.8 Å². The predicted molar refractivity (Wildman–Crippen MR) is 73.5 cm³/mol. The molecule has 0 spiro atoms. The molecule has 2 bridgehead atoms. The average Bonchev–Trinajstić information content (AvgIpc) is 2.96. The third-order valence-corrected chi connectivity index (χ3v) is 4.85. The fourth-order valence-electron chi connectivity index (χ4n) is 3.62. The van der Waals surface area contributed by atoms with E-state index >= 15 is 0 Å². The molecule has 0 saturated heterocycles. The maximum absolute atomic E-state index is 12.3. The first-order valence-corrected chi connectivity index (χ1v) is 7.01. The first-order valence-electron chi connectivity index (χ1n) is 7.01. The number of benzene rings is 1. The van der Waals surface area contributed by atoms with E-state index < -0.39 is 0 Å². The number of aryl methyl sites for hydroxylation is 2.